The van der Waals surface area contributed by atoms with E-state index in [1.807, 2.05) is 0 Å². The van der Waals surface area contributed by atoms with Gasteiger partial charge in [0, 0.05) is 20.1 Å². The van der Waals surface area contributed by atoms with Crippen LogP contribution in [0.15, 0.2) is 24.3 Å². The smallest absolute Gasteiger partial charge is 0.335 e. The highest BCUT2D eigenvalue weighted by Crippen LogP contribution is 2.14. The fraction of sp³-hybridized carbons (Fsp3) is 0.467. The Labute approximate surface area is 119 Å². The van der Waals surface area contributed by atoms with Crippen LogP contribution in [0.1, 0.15) is 36.7 Å². The maximum atomic E-state index is 11.9. The first-order valence-electron chi connectivity index (χ1n) is 6.50. The van der Waals surface area contributed by atoms with Crippen LogP contribution in [0.2, 0.25) is 0 Å². The van der Waals surface area contributed by atoms with E-state index in [1.54, 1.807) is 30.1 Å². The largest absolute Gasteiger partial charge is 0.478 e. The van der Waals surface area contributed by atoms with E-state index in [0.717, 1.165) is 5.56 Å². The van der Waals surface area contributed by atoms with Crippen molar-refractivity contribution in [2.75, 3.05) is 13.6 Å². The fourth-order valence-electron chi connectivity index (χ4n) is 1.91. The van der Waals surface area contributed by atoms with Crippen LogP contribution in [0.25, 0.3) is 0 Å². The number of carbonyl (C=O) groups is 2. The van der Waals surface area contributed by atoms with Crippen molar-refractivity contribution in [3.63, 3.8) is 0 Å². The summed E-state index contributed by atoms with van der Waals surface area (Å²) in [6.45, 7) is 7.15. The first-order chi connectivity index (χ1) is 9.19. The van der Waals surface area contributed by atoms with Crippen LogP contribution < -0.4 is 5.32 Å². The van der Waals surface area contributed by atoms with Gasteiger partial charge in [0.05, 0.1) is 5.56 Å². The summed E-state index contributed by atoms with van der Waals surface area (Å²) in [5, 5.41) is 11.7. The van der Waals surface area contributed by atoms with Gasteiger partial charge in [-0.15, -0.1) is 0 Å². The molecule has 1 rings (SSSR count). The molecule has 0 saturated carbocycles. The van der Waals surface area contributed by atoms with Crippen LogP contribution in [-0.2, 0) is 6.54 Å². The normalized spacial score (nSPS) is 11.0. The van der Waals surface area contributed by atoms with Gasteiger partial charge in [-0.25, -0.2) is 9.59 Å². The highest BCUT2D eigenvalue weighted by Gasteiger charge is 2.17. The van der Waals surface area contributed by atoms with Gasteiger partial charge < -0.3 is 15.3 Å². The second-order valence-electron chi connectivity index (χ2n) is 6.08. The number of amides is 2. The van der Waals surface area contributed by atoms with Gasteiger partial charge in [-0.2, -0.15) is 0 Å². The van der Waals surface area contributed by atoms with Crippen molar-refractivity contribution in [3.8, 4) is 0 Å². The molecule has 0 spiro atoms. The van der Waals surface area contributed by atoms with E-state index in [0.29, 0.717) is 13.1 Å². The van der Waals surface area contributed by atoms with Crippen molar-refractivity contribution in [1.29, 1.82) is 0 Å². The molecule has 20 heavy (non-hydrogen) atoms. The Bertz CT molecular complexity index is 492. The first kappa shape index (κ1) is 16.0. The first-order valence-corrected chi connectivity index (χ1v) is 6.50. The summed E-state index contributed by atoms with van der Waals surface area (Å²) in [7, 11) is 1.74. The molecular weight excluding hydrogens is 256 g/mol. The molecule has 5 nitrogen and oxygen atoms in total. The minimum absolute atomic E-state index is 0.0370. The van der Waals surface area contributed by atoms with E-state index in [1.165, 1.54) is 6.07 Å². The molecule has 5 heteroatoms. The lowest BCUT2D eigenvalue weighted by molar-refractivity contribution is 0.0696. The zero-order chi connectivity index (χ0) is 15.3. The molecule has 0 atom stereocenters. The number of aromatic carboxylic acids is 1. The third kappa shape index (κ3) is 5.30. The molecule has 0 aliphatic carbocycles. The Hall–Kier alpha value is -2.04. The van der Waals surface area contributed by atoms with Gasteiger partial charge in [0.15, 0.2) is 0 Å². The van der Waals surface area contributed by atoms with Crippen molar-refractivity contribution in [3.05, 3.63) is 35.4 Å². The third-order valence-corrected chi connectivity index (χ3v) is 2.68. The van der Waals surface area contributed by atoms with E-state index in [-0.39, 0.29) is 17.0 Å². The molecule has 1 aromatic rings. The van der Waals surface area contributed by atoms with Crippen molar-refractivity contribution in [2.24, 2.45) is 5.41 Å². The van der Waals surface area contributed by atoms with E-state index in [9.17, 15) is 9.59 Å². The number of nitrogens with one attached hydrogen (secondary N) is 1. The van der Waals surface area contributed by atoms with Gasteiger partial charge in [-0.05, 0) is 23.1 Å². The Balaban J connectivity index is 2.57. The molecule has 0 unspecified atom stereocenters. The standard InChI is InChI=1S/C15H22N2O3/c1-15(2,3)10-17(4)14(20)16-9-11-6-5-7-12(8-11)13(18)19/h5-8H,9-10H2,1-4H3,(H,16,20)(H,18,19). The Kier molecular flexibility index (Phi) is 5.13. The molecule has 110 valence electrons. The summed E-state index contributed by atoms with van der Waals surface area (Å²) >= 11 is 0. The molecule has 2 N–H and O–H groups in total. The van der Waals surface area contributed by atoms with Gasteiger partial charge in [0.2, 0.25) is 0 Å². The molecule has 0 aliphatic heterocycles. The van der Waals surface area contributed by atoms with E-state index >= 15 is 0 Å². The minimum Gasteiger partial charge on any atom is -0.478 e. The fourth-order valence-corrected chi connectivity index (χ4v) is 1.91. The highest BCUT2D eigenvalue weighted by atomic mass is 16.4. The number of rotatable bonds is 4. The lowest BCUT2D eigenvalue weighted by Crippen LogP contribution is -2.41. The summed E-state index contributed by atoms with van der Waals surface area (Å²) in [5.41, 5.74) is 1.03. The number of urea groups is 1. The molecular formula is C15H22N2O3. The third-order valence-electron chi connectivity index (χ3n) is 2.68. The number of hydrogen-bond acceptors (Lipinski definition) is 2. The maximum absolute atomic E-state index is 11.9. The number of carboxylic acid groups (broad SMARTS) is 1. The lowest BCUT2D eigenvalue weighted by atomic mass is 9.96. The number of benzene rings is 1. The Morgan fingerprint density at radius 3 is 2.50 bits per heavy atom. The minimum atomic E-state index is -0.969. The summed E-state index contributed by atoms with van der Waals surface area (Å²) in [6, 6.07) is 6.38. The molecule has 0 heterocycles. The van der Waals surface area contributed by atoms with Gasteiger partial charge in [0.1, 0.15) is 0 Å². The van der Waals surface area contributed by atoms with Crippen LogP contribution in [0.4, 0.5) is 4.79 Å². The molecule has 0 aromatic heterocycles. The summed E-state index contributed by atoms with van der Waals surface area (Å²) in [5.74, 6) is -0.969. The number of carbonyl (C=O) groups excluding carboxylic acids is 1. The predicted octanol–water partition coefficient (Wildman–Crippen LogP) is 2.57. The SMILES string of the molecule is CN(CC(C)(C)C)C(=O)NCc1cccc(C(=O)O)c1. The Morgan fingerprint density at radius 1 is 1.30 bits per heavy atom. The summed E-state index contributed by atoms with van der Waals surface area (Å²) in [6.07, 6.45) is 0. The monoisotopic (exact) mass is 278 g/mol. The maximum Gasteiger partial charge on any atom is 0.335 e. The van der Waals surface area contributed by atoms with Crippen LogP contribution >= 0.6 is 0 Å². The van der Waals surface area contributed by atoms with Gasteiger partial charge in [-0.1, -0.05) is 32.9 Å². The van der Waals surface area contributed by atoms with Gasteiger partial charge in [-0.3, -0.25) is 0 Å². The average molecular weight is 278 g/mol. The zero-order valence-electron chi connectivity index (χ0n) is 12.4. The van der Waals surface area contributed by atoms with Crippen LogP contribution in [0.5, 0.6) is 0 Å². The van der Waals surface area contributed by atoms with Crippen molar-refractivity contribution in [1.82, 2.24) is 10.2 Å². The van der Waals surface area contributed by atoms with Crippen molar-refractivity contribution >= 4 is 12.0 Å². The van der Waals surface area contributed by atoms with Crippen molar-refractivity contribution < 1.29 is 14.7 Å². The zero-order valence-corrected chi connectivity index (χ0v) is 12.4. The van der Waals surface area contributed by atoms with Gasteiger partial charge >= 0.3 is 12.0 Å². The Morgan fingerprint density at radius 2 is 1.95 bits per heavy atom. The molecule has 0 radical (unpaired) electrons. The van der Waals surface area contributed by atoms with Crippen molar-refractivity contribution in [2.45, 2.75) is 27.3 Å². The number of hydrogen-bond donors (Lipinski definition) is 2. The molecule has 0 fully saturated rings. The quantitative estimate of drug-likeness (QED) is 0.889. The van der Waals surface area contributed by atoms with E-state index < -0.39 is 5.97 Å². The van der Waals surface area contributed by atoms with E-state index in [4.69, 9.17) is 5.11 Å². The molecule has 2 amide bonds. The summed E-state index contributed by atoms with van der Waals surface area (Å²) < 4.78 is 0. The molecule has 1 aromatic carbocycles. The second-order valence-corrected chi connectivity index (χ2v) is 6.08. The predicted molar refractivity (Wildman–Crippen MR) is 77.7 cm³/mol. The summed E-state index contributed by atoms with van der Waals surface area (Å²) in [4.78, 5) is 24.4. The number of nitrogens with zero attached hydrogens (tertiary/aromatic N) is 1. The van der Waals surface area contributed by atoms with Crippen LogP contribution in [-0.4, -0.2) is 35.6 Å². The second kappa shape index (κ2) is 6.41. The number of carboxylic acids is 1. The van der Waals surface area contributed by atoms with Crippen LogP contribution in [0.3, 0.4) is 0 Å². The van der Waals surface area contributed by atoms with Crippen LogP contribution in [0, 0.1) is 5.41 Å². The molecule has 0 saturated heterocycles. The molecule has 0 aliphatic rings. The molecule has 0 bridgehead atoms. The topological polar surface area (TPSA) is 69.6 Å². The lowest BCUT2D eigenvalue weighted by Gasteiger charge is -2.26. The van der Waals surface area contributed by atoms with Gasteiger partial charge in [0.25, 0.3) is 0 Å². The highest BCUT2D eigenvalue weighted by molar-refractivity contribution is 5.87. The van der Waals surface area contributed by atoms with E-state index in [2.05, 4.69) is 26.1 Å². The average Bonchev–Trinajstić information content (AvgIpc) is 2.34.